The van der Waals surface area contributed by atoms with E-state index in [-0.39, 0.29) is 24.0 Å². The highest BCUT2D eigenvalue weighted by atomic mass is 32.3. The normalized spacial score (nSPS) is 20.8. The fraction of sp³-hybridized carbons (Fsp3) is 0.350. The molecule has 2 aliphatic rings. The van der Waals surface area contributed by atoms with E-state index in [2.05, 4.69) is 14.1 Å². The van der Waals surface area contributed by atoms with Gasteiger partial charge in [0.05, 0.1) is 17.3 Å². The topological polar surface area (TPSA) is 153 Å². The third-order valence-corrected chi connectivity index (χ3v) is 6.34. The maximum absolute atomic E-state index is 12.7. The van der Waals surface area contributed by atoms with E-state index >= 15 is 0 Å². The molecule has 11 heteroatoms. The predicted molar refractivity (Wildman–Crippen MR) is 121 cm³/mol. The quantitative estimate of drug-likeness (QED) is 0.438. The van der Waals surface area contributed by atoms with Gasteiger partial charge in [-0.1, -0.05) is 6.07 Å². The van der Waals surface area contributed by atoms with Gasteiger partial charge in [-0.15, -0.1) is 4.40 Å². The van der Waals surface area contributed by atoms with Crippen molar-refractivity contribution in [3.8, 4) is 5.75 Å². The summed E-state index contributed by atoms with van der Waals surface area (Å²) in [5.74, 6) is 0.420. The number of aryl methyl sites for hydroxylation is 1. The fourth-order valence-electron chi connectivity index (χ4n) is 4.10. The molecule has 0 bridgehead atoms. The minimum absolute atomic E-state index is 0.0249. The van der Waals surface area contributed by atoms with Gasteiger partial charge in [0.2, 0.25) is 0 Å². The average molecular weight is 448 g/mol. The lowest BCUT2D eigenvalue weighted by Gasteiger charge is -2.38. The van der Waals surface area contributed by atoms with Crippen LogP contribution in [0.15, 0.2) is 33.5 Å². The Bertz CT molecular complexity index is 1100. The molecule has 6 N–H and O–H groups in total. The first-order valence-electron chi connectivity index (χ1n) is 9.92. The van der Waals surface area contributed by atoms with Crippen LogP contribution in [0, 0.1) is 6.92 Å². The second-order valence-corrected chi connectivity index (χ2v) is 9.06. The Morgan fingerprint density at radius 3 is 2.97 bits per heavy atom. The van der Waals surface area contributed by atoms with Gasteiger partial charge < -0.3 is 20.4 Å². The molecule has 1 atom stereocenters. The zero-order valence-electron chi connectivity index (χ0n) is 17.0. The maximum Gasteiger partial charge on any atom is 0.272 e. The lowest BCUT2D eigenvalue weighted by molar-refractivity contribution is 0.112. The number of rotatable bonds is 5. The van der Waals surface area contributed by atoms with Gasteiger partial charge in [0.25, 0.3) is 5.56 Å². The zero-order valence-corrected chi connectivity index (χ0v) is 17.8. The number of amidine groups is 1. The minimum Gasteiger partial charge on any atom is -0.491 e. The van der Waals surface area contributed by atoms with Gasteiger partial charge >= 0.3 is 0 Å². The standard InChI is InChI=1S/C20H25N5O5S/c1-12-9-13(10-26)18(20(27)22-12)25-8-3-2-5-14(25)11-30-16-7-4-6-15-17(16)19(21)24-31(28,29)23-15/h4,6-7,9-10,14,23,28-29H,2-3,5,8,11H2,1H3,(H2,21,24)(H,22,27). The molecule has 0 saturated carbocycles. The number of nitrogens with zero attached hydrogens (tertiary/aromatic N) is 2. The van der Waals surface area contributed by atoms with Crippen LogP contribution in [-0.2, 0) is 0 Å². The first-order valence-corrected chi connectivity index (χ1v) is 11.4. The molecular weight excluding hydrogens is 422 g/mol. The van der Waals surface area contributed by atoms with Crippen LogP contribution in [0.2, 0.25) is 0 Å². The van der Waals surface area contributed by atoms with Gasteiger partial charge in [-0.2, -0.15) is 0 Å². The number of carbonyl (C=O) groups excluding carboxylic acids is 1. The Labute approximate surface area is 180 Å². The third-order valence-electron chi connectivity index (χ3n) is 5.40. The molecule has 1 aromatic heterocycles. The van der Waals surface area contributed by atoms with Crippen molar-refractivity contribution in [1.82, 2.24) is 4.98 Å². The summed E-state index contributed by atoms with van der Waals surface area (Å²) in [6.07, 6.45) is 3.38. The van der Waals surface area contributed by atoms with E-state index < -0.39 is 11.0 Å². The molecule has 1 saturated heterocycles. The van der Waals surface area contributed by atoms with Crippen molar-refractivity contribution in [1.29, 1.82) is 0 Å². The number of H-pyrrole nitrogens is 1. The molecule has 1 aromatic carbocycles. The second kappa shape index (κ2) is 8.25. The van der Waals surface area contributed by atoms with Crippen LogP contribution in [-0.4, -0.2) is 45.4 Å². The summed E-state index contributed by atoms with van der Waals surface area (Å²) in [6, 6.07) is 6.64. The van der Waals surface area contributed by atoms with E-state index in [9.17, 15) is 18.7 Å². The summed E-state index contributed by atoms with van der Waals surface area (Å²) >= 11 is 0. The molecule has 166 valence electrons. The Morgan fingerprint density at radius 2 is 2.19 bits per heavy atom. The number of aromatic nitrogens is 1. The molecule has 0 spiro atoms. The van der Waals surface area contributed by atoms with E-state index in [1.165, 1.54) is 0 Å². The molecule has 0 amide bonds. The molecule has 0 aliphatic carbocycles. The molecule has 1 unspecified atom stereocenters. The number of piperidine rings is 1. The van der Waals surface area contributed by atoms with Crippen molar-refractivity contribution in [3.63, 3.8) is 0 Å². The molecule has 31 heavy (non-hydrogen) atoms. The first-order chi connectivity index (χ1) is 14.8. The number of aldehydes is 1. The summed E-state index contributed by atoms with van der Waals surface area (Å²) in [7, 11) is -3.38. The van der Waals surface area contributed by atoms with E-state index in [0.717, 1.165) is 19.3 Å². The summed E-state index contributed by atoms with van der Waals surface area (Å²) < 4.78 is 32.0. The monoisotopic (exact) mass is 447 g/mol. The molecule has 1 fully saturated rings. The Kier molecular flexibility index (Phi) is 5.65. The van der Waals surface area contributed by atoms with E-state index in [1.54, 1.807) is 31.2 Å². The molecule has 2 aliphatic heterocycles. The first kappa shape index (κ1) is 21.2. The van der Waals surface area contributed by atoms with Gasteiger partial charge in [-0.25, -0.2) is 0 Å². The number of anilines is 2. The maximum atomic E-state index is 12.7. The van der Waals surface area contributed by atoms with Crippen LogP contribution in [0.1, 0.15) is 40.9 Å². The van der Waals surface area contributed by atoms with Crippen LogP contribution in [0.3, 0.4) is 0 Å². The number of carbonyl (C=O) groups is 1. The predicted octanol–water partition coefficient (Wildman–Crippen LogP) is 2.65. The highest BCUT2D eigenvalue weighted by Gasteiger charge is 2.29. The molecule has 3 heterocycles. The van der Waals surface area contributed by atoms with Crippen molar-refractivity contribution in [3.05, 3.63) is 51.4 Å². The largest absolute Gasteiger partial charge is 0.491 e. The zero-order chi connectivity index (χ0) is 22.2. The third kappa shape index (κ3) is 4.24. The van der Waals surface area contributed by atoms with Gasteiger partial charge in [-0.3, -0.25) is 23.4 Å². The number of aromatic amines is 1. The molecule has 2 aromatic rings. The molecule has 10 nitrogen and oxygen atoms in total. The SMILES string of the molecule is Cc1cc(C=O)c(N2CCCCC2COc2cccc3c2C(N)=NS(O)(O)N3)c(=O)[nH]1. The number of hydrogen-bond donors (Lipinski definition) is 5. The van der Waals surface area contributed by atoms with Gasteiger partial charge in [0.15, 0.2) is 12.1 Å². The highest BCUT2D eigenvalue weighted by molar-refractivity contribution is 8.24. The van der Waals surface area contributed by atoms with Crippen molar-refractivity contribution < 1.29 is 18.6 Å². The number of nitrogens with one attached hydrogen (secondary N) is 2. The van der Waals surface area contributed by atoms with Gasteiger partial charge in [-0.05, 0) is 55.3 Å². The second-order valence-electron chi connectivity index (χ2n) is 7.63. The van der Waals surface area contributed by atoms with Crippen molar-refractivity contribution in [2.24, 2.45) is 10.1 Å². The number of fused-ring (bicyclic) bond motifs is 1. The minimum atomic E-state index is -3.38. The summed E-state index contributed by atoms with van der Waals surface area (Å²) in [5.41, 5.74) is 7.89. The van der Waals surface area contributed by atoms with Crippen LogP contribution in [0.4, 0.5) is 11.4 Å². The van der Waals surface area contributed by atoms with Crippen LogP contribution >= 0.6 is 11.0 Å². The van der Waals surface area contributed by atoms with Crippen molar-refractivity contribution in [2.45, 2.75) is 32.2 Å². The number of ether oxygens (including phenoxy) is 1. The average Bonchev–Trinajstić information content (AvgIpc) is 2.71. The fourth-order valence-corrected chi connectivity index (χ4v) is 4.98. The lowest BCUT2D eigenvalue weighted by Crippen LogP contribution is -2.46. The van der Waals surface area contributed by atoms with Crippen LogP contribution in [0.5, 0.6) is 5.75 Å². The highest BCUT2D eigenvalue weighted by Crippen LogP contribution is 2.46. The number of benzene rings is 1. The van der Waals surface area contributed by atoms with Crippen molar-refractivity contribution in [2.75, 3.05) is 22.8 Å². The number of nitrogens with two attached hydrogens (primary N) is 1. The molecule has 0 radical (unpaired) electrons. The number of pyridine rings is 1. The van der Waals surface area contributed by atoms with Gasteiger partial charge in [0, 0.05) is 17.8 Å². The Hall–Kier alpha value is -3.02. The van der Waals surface area contributed by atoms with Crippen LogP contribution in [0.25, 0.3) is 0 Å². The lowest BCUT2D eigenvalue weighted by atomic mass is 10.0. The summed E-state index contributed by atoms with van der Waals surface area (Å²) in [4.78, 5) is 29.0. The van der Waals surface area contributed by atoms with E-state index in [0.29, 0.717) is 46.8 Å². The van der Waals surface area contributed by atoms with E-state index in [1.807, 2.05) is 4.90 Å². The Balaban J connectivity index is 1.61. The summed E-state index contributed by atoms with van der Waals surface area (Å²) in [6.45, 7) is 2.63. The smallest absolute Gasteiger partial charge is 0.272 e. The van der Waals surface area contributed by atoms with Crippen LogP contribution < -0.4 is 25.7 Å². The van der Waals surface area contributed by atoms with Gasteiger partial charge in [0.1, 0.15) is 18.0 Å². The summed E-state index contributed by atoms with van der Waals surface area (Å²) in [5, 5.41) is 0. The molecular formula is C20H25N5O5S. The number of hydrogen-bond acceptors (Lipinski definition) is 9. The molecule has 4 rings (SSSR count). The van der Waals surface area contributed by atoms with Crippen molar-refractivity contribution >= 4 is 34.5 Å². The van der Waals surface area contributed by atoms with E-state index in [4.69, 9.17) is 10.5 Å². The Morgan fingerprint density at radius 1 is 1.39 bits per heavy atom.